The van der Waals surface area contributed by atoms with Gasteiger partial charge in [0.1, 0.15) is 5.82 Å². The van der Waals surface area contributed by atoms with E-state index in [0.29, 0.717) is 0 Å². The molecule has 1 rings (SSSR count). The number of hydrogen-bond donors (Lipinski definition) is 2. The van der Waals surface area contributed by atoms with Gasteiger partial charge >= 0.3 is 0 Å². The summed E-state index contributed by atoms with van der Waals surface area (Å²) in [5, 5.41) is 11.4. The summed E-state index contributed by atoms with van der Waals surface area (Å²) in [4.78, 5) is 11.4. The lowest BCUT2D eigenvalue weighted by atomic mass is 10.1. The van der Waals surface area contributed by atoms with Gasteiger partial charge < -0.3 is 10.4 Å². The molecule has 0 heterocycles. The van der Waals surface area contributed by atoms with E-state index in [2.05, 4.69) is 5.32 Å². The largest absolute Gasteiger partial charge is 0.392 e. The maximum Gasteiger partial charge on any atom is 0.254 e. The van der Waals surface area contributed by atoms with Crippen molar-refractivity contribution in [2.75, 3.05) is 6.54 Å². The van der Waals surface area contributed by atoms with E-state index in [1.165, 1.54) is 12.1 Å². The van der Waals surface area contributed by atoms with E-state index in [-0.39, 0.29) is 12.1 Å². The van der Waals surface area contributed by atoms with Crippen LogP contribution >= 0.6 is 0 Å². The zero-order valence-electron chi connectivity index (χ0n) is 8.75. The third-order valence-electron chi connectivity index (χ3n) is 1.93. The molecule has 0 spiro atoms. The Bertz CT molecular complexity index is 364. The van der Waals surface area contributed by atoms with Crippen LogP contribution in [0.3, 0.4) is 0 Å². The SMILES string of the molecule is Cc1ccc(C(=O)NC[C@H](C)O)c(F)c1. The molecular formula is C11H14FNO2. The third kappa shape index (κ3) is 3.32. The van der Waals surface area contributed by atoms with Gasteiger partial charge in [0, 0.05) is 6.54 Å². The highest BCUT2D eigenvalue weighted by molar-refractivity contribution is 5.94. The Labute approximate surface area is 87.9 Å². The van der Waals surface area contributed by atoms with Gasteiger partial charge in [0.05, 0.1) is 11.7 Å². The van der Waals surface area contributed by atoms with Crippen LogP contribution in [0.15, 0.2) is 18.2 Å². The first-order chi connectivity index (χ1) is 7.00. The highest BCUT2D eigenvalue weighted by Crippen LogP contribution is 2.09. The van der Waals surface area contributed by atoms with E-state index in [1.54, 1.807) is 19.9 Å². The molecule has 0 aliphatic heterocycles. The molecule has 1 atom stereocenters. The highest BCUT2D eigenvalue weighted by Gasteiger charge is 2.11. The fourth-order valence-electron chi connectivity index (χ4n) is 1.14. The average molecular weight is 211 g/mol. The molecule has 1 aromatic carbocycles. The van der Waals surface area contributed by atoms with Crippen LogP contribution in [-0.2, 0) is 0 Å². The zero-order valence-corrected chi connectivity index (χ0v) is 8.75. The van der Waals surface area contributed by atoms with Crippen LogP contribution in [0.2, 0.25) is 0 Å². The first-order valence-electron chi connectivity index (χ1n) is 4.73. The van der Waals surface area contributed by atoms with Gasteiger partial charge in [-0.3, -0.25) is 4.79 Å². The van der Waals surface area contributed by atoms with Crippen LogP contribution in [0, 0.1) is 12.7 Å². The van der Waals surface area contributed by atoms with E-state index in [0.717, 1.165) is 5.56 Å². The van der Waals surface area contributed by atoms with Crippen molar-refractivity contribution in [2.45, 2.75) is 20.0 Å². The van der Waals surface area contributed by atoms with E-state index in [9.17, 15) is 9.18 Å². The topological polar surface area (TPSA) is 49.3 Å². The molecule has 1 amide bonds. The van der Waals surface area contributed by atoms with Crippen LogP contribution in [0.4, 0.5) is 4.39 Å². The number of carbonyl (C=O) groups excluding carboxylic acids is 1. The maximum absolute atomic E-state index is 13.3. The second-order valence-electron chi connectivity index (χ2n) is 3.54. The highest BCUT2D eigenvalue weighted by atomic mass is 19.1. The molecule has 82 valence electrons. The van der Waals surface area contributed by atoms with Crippen LogP contribution in [0.1, 0.15) is 22.8 Å². The number of hydrogen-bond acceptors (Lipinski definition) is 2. The van der Waals surface area contributed by atoms with Gasteiger partial charge in [-0.2, -0.15) is 0 Å². The molecule has 0 aliphatic carbocycles. The van der Waals surface area contributed by atoms with Crippen molar-refractivity contribution in [3.8, 4) is 0 Å². The molecular weight excluding hydrogens is 197 g/mol. The predicted octanol–water partition coefficient (Wildman–Crippen LogP) is 1.24. The molecule has 0 unspecified atom stereocenters. The van der Waals surface area contributed by atoms with E-state index in [4.69, 9.17) is 5.11 Å². The number of rotatable bonds is 3. The maximum atomic E-state index is 13.3. The van der Waals surface area contributed by atoms with Crippen molar-refractivity contribution in [1.82, 2.24) is 5.32 Å². The molecule has 2 N–H and O–H groups in total. The zero-order chi connectivity index (χ0) is 11.4. The van der Waals surface area contributed by atoms with Gasteiger partial charge in [0.15, 0.2) is 0 Å². The molecule has 0 radical (unpaired) electrons. The molecule has 0 fully saturated rings. The van der Waals surface area contributed by atoms with Crippen LogP contribution in [0.25, 0.3) is 0 Å². The first kappa shape index (κ1) is 11.7. The van der Waals surface area contributed by atoms with Crippen LogP contribution < -0.4 is 5.32 Å². The lowest BCUT2D eigenvalue weighted by Gasteiger charge is -2.07. The third-order valence-corrected chi connectivity index (χ3v) is 1.93. The first-order valence-corrected chi connectivity index (χ1v) is 4.73. The lowest BCUT2D eigenvalue weighted by Crippen LogP contribution is -2.31. The van der Waals surface area contributed by atoms with E-state index >= 15 is 0 Å². The summed E-state index contributed by atoms with van der Waals surface area (Å²) < 4.78 is 13.3. The van der Waals surface area contributed by atoms with Crippen molar-refractivity contribution in [3.05, 3.63) is 35.1 Å². The van der Waals surface area contributed by atoms with Crippen molar-refractivity contribution < 1.29 is 14.3 Å². The van der Waals surface area contributed by atoms with Gasteiger partial charge in [-0.15, -0.1) is 0 Å². The summed E-state index contributed by atoms with van der Waals surface area (Å²) in [6.45, 7) is 3.42. The summed E-state index contributed by atoms with van der Waals surface area (Å²) >= 11 is 0. The number of amides is 1. The Kier molecular flexibility index (Phi) is 3.80. The number of aliphatic hydroxyl groups is 1. The predicted molar refractivity (Wildman–Crippen MR) is 55.2 cm³/mol. The minimum absolute atomic E-state index is 0.00116. The molecule has 15 heavy (non-hydrogen) atoms. The summed E-state index contributed by atoms with van der Waals surface area (Å²) in [6.07, 6.45) is -0.637. The molecule has 0 saturated heterocycles. The molecule has 0 bridgehead atoms. The Balaban J connectivity index is 2.74. The van der Waals surface area contributed by atoms with Gasteiger partial charge in [-0.1, -0.05) is 6.07 Å². The molecule has 4 heteroatoms. The summed E-state index contributed by atoms with van der Waals surface area (Å²) in [5.74, 6) is -1.05. The van der Waals surface area contributed by atoms with Gasteiger partial charge in [0.25, 0.3) is 5.91 Å². The smallest absolute Gasteiger partial charge is 0.254 e. The van der Waals surface area contributed by atoms with Gasteiger partial charge in [-0.25, -0.2) is 4.39 Å². The Morgan fingerprint density at radius 3 is 2.80 bits per heavy atom. The summed E-state index contributed by atoms with van der Waals surface area (Å²) in [7, 11) is 0. The number of aryl methyl sites for hydroxylation is 1. The average Bonchev–Trinajstić information content (AvgIpc) is 2.14. The van der Waals surface area contributed by atoms with Crippen molar-refractivity contribution in [2.24, 2.45) is 0 Å². The minimum atomic E-state index is -0.637. The van der Waals surface area contributed by atoms with Crippen molar-refractivity contribution in [1.29, 1.82) is 0 Å². The van der Waals surface area contributed by atoms with Crippen molar-refractivity contribution >= 4 is 5.91 Å². The van der Waals surface area contributed by atoms with Gasteiger partial charge in [0.2, 0.25) is 0 Å². The number of aliphatic hydroxyl groups excluding tert-OH is 1. The molecule has 3 nitrogen and oxygen atoms in total. The fraction of sp³-hybridized carbons (Fsp3) is 0.364. The summed E-state index contributed by atoms with van der Waals surface area (Å²) in [6, 6.07) is 4.40. The number of benzene rings is 1. The van der Waals surface area contributed by atoms with E-state index in [1.807, 2.05) is 0 Å². The normalized spacial score (nSPS) is 12.3. The Hall–Kier alpha value is -1.42. The minimum Gasteiger partial charge on any atom is -0.392 e. The second kappa shape index (κ2) is 4.89. The van der Waals surface area contributed by atoms with Crippen molar-refractivity contribution in [3.63, 3.8) is 0 Å². The van der Waals surface area contributed by atoms with Gasteiger partial charge in [-0.05, 0) is 31.5 Å². The summed E-state index contributed by atoms with van der Waals surface area (Å²) in [5.41, 5.74) is 0.765. The monoisotopic (exact) mass is 211 g/mol. The quantitative estimate of drug-likeness (QED) is 0.790. The number of nitrogens with one attached hydrogen (secondary N) is 1. The number of halogens is 1. The fourth-order valence-corrected chi connectivity index (χ4v) is 1.14. The van der Waals surface area contributed by atoms with Crippen LogP contribution in [0.5, 0.6) is 0 Å². The molecule has 1 aromatic rings. The lowest BCUT2D eigenvalue weighted by molar-refractivity contribution is 0.0920. The Morgan fingerprint density at radius 1 is 1.60 bits per heavy atom. The molecule has 0 aromatic heterocycles. The second-order valence-corrected chi connectivity index (χ2v) is 3.54. The molecule has 0 saturated carbocycles. The van der Waals surface area contributed by atoms with E-state index < -0.39 is 17.8 Å². The Morgan fingerprint density at radius 2 is 2.27 bits per heavy atom. The number of carbonyl (C=O) groups is 1. The molecule has 0 aliphatic rings. The van der Waals surface area contributed by atoms with Crippen LogP contribution in [-0.4, -0.2) is 23.7 Å². The standard InChI is InChI=1S/C11H14FNO2/c1-7-3-4-9(10(12)5-7)11(15)13-6-8(2)14/h3-5,8,14H,6H2,1-2H3,(H,13,15)/t8-/m0/s1.